The lowest BCUT2D eigenvalue weighted by Gasteiger charge is -2.32. The van der Waals surface area contributed by atoms with Crippen LogP contribution in [0.15, 0.2) is 89.8 Å². The van der Waals surface area contributed by atoms with Gasteiger partial charge >= 0.3 is 0 Å². The van der Waals surface area contributed by atoms with Crippen molar-refractivity contribution in [2.24, 2.45) is 5.14 Å². The van der Waals surface area contributed by atoms with E-state index < -0.39 is 22.2 Å². The van der Waals surface area contributed by atoms with Gasteiger partial charge in [0.2, 0.25) is 10.0 Å². The lowest BCUT2D eigenvalue weighted by Crippen LogP contribution is -2.46. The Balaban J connectivity index is 1.63. The summed E-state index contributed by atoms with van der Waals surface area (Å²) in [5, 5.41) is 26.6. The lowest BCUT2D eigenvalue weighted by atomic mass is 10.0. The van der Waals surface area contributed by atoms with E-state index in [1.807, 2.05) is 72.5 Å². The zero-order valence-corrected chi connectivity index (χ0v) is 21.1. The highest BCUT2D eigenvalue weighted by molar-refractivity contribution is 7.89. The summed E-state index contributed by atoms with van der Waals surface area (Å²) in [5.41, 5.74) is 0.907. The number of rotatable bonds is 14. The molecule has 4 N–H and O–H groups in total. The summed E-state index contributed by atoms with van der Waals surface area (Å²) in [6.07, 6.45) is -1.01. The van der Waals surface area contributed by atoms with Crippen LogP contribution in [0.5, 0.6) is 11.5 Å². The molecule has 0 bridgehead atoms. The molecule has 0 saturated heterocycles. The largest absolute Gasteiger partial charge is 0.491 e. The number of nitrogens with two attached hydrogens (primary N) is 1. The Morgan fingerprint density at radius 2 is 1.22 bits per heavy atom. The first-order valence-corrected chi connectivity index (χ1v) is 13.3. The van der Waals surface area contributed by atoms with Crippen LogP contribution in [0.1, 0.15) is 12.5 Å². The standard InChI is InChI=1S/C27H34N2O6S/c1-21(16-22-12-14-27(15-13-22)36(28,32)33)29(17-23(30)19-34-25-8-4-2-5-9-25)18-24(31)20-35-26-10-6-3-7-11-26/h2-15,21,23-24,30-31H,16-20H2,1H3,(H2,28,32,33)/t21?,23-,24-/m0/s1. The molecule has 0 aliphatic heterocycles. The van der Waals surface area contributed by atoms with Crippen LogP contribution in [0.4, 0.5) is 0 Å². The zero-order chi connectivity index (χ0) is 26.0. The number of ether oxygens (including phenoxy) is 2. The Morgan fingerprint density at radius 3 is 1.64 bits per heavy atom. The molecule has 194 valence electrons. The number of para-hydroxylation sites is 2. The number of aliphatic hydroxyl groups excluding tert-OH is 2. The third-order valence-electron chi connectivity index (χ3n) is 5.67. The molecule has 0 fully saturated rings. The van der Waals surface area contributed by atoms with Gasteiger partial charge in [-0.05, 0) is 55.3 Å². The van der Waals surface area contributed by atoms with Crippen molar-refractivity contribution in [3.8, 4) is 11.5 Å². The molecule has 0 heterocycles. The molecule has 0 saturated carbocycles. The number of benzene rings is 3. The van der Waals surface area contributed by atoms with Gasteiger partial charge in [0, 0.05) is 19.1 Å². The van der Waals surface area contributed by atoms with Gasteiger partial charge in [0.25, 0.3) is 0 Å². The van der Waals surface area contributed by atoms with E-state index in [0.29, 0.717) is 17.9 Å². The smallest absolute Gasteiger partial charge is 0.238 e. The van der Waals surface area contributed by atoms with Crippen molar-refractivity contribution in [1.82, 2.24) is 4.90 Å². The van der Waals surface area contributed by atoms with Crippen molar-refractivity contribution < 1.29 is 28.1 Å². The summed E-state index contributed by atoms with van der Waals surface area (Å²) in [4.78, 5) is 2.03. The molecule has 3 aromatic carbocycles. The lowest BCUT2D eigenvalue weighted by molar-refractivity contribution is 0.0167. The minimum Gasteiger partial charge on any atom is -0.491 e. The van der Waals surface area contributed by atoms with Crippen molar-refractivity contribution >= 4 is 10.0 Å². The second-order valence-electron chi connectivity index (χ2n) is 8.75. The predicted octanol–water partition coefficient (Wildman–Crippen LogP) is 2.45. The molecule has 36 heavy (non-hydrogen) atoms. The fourth-order valence-corrected chi connectivity index (χ4v) is 4.30. The summed E-state index contributed by atoms with van der Waals surface area (Å²) < 4.78 is 34.5. The molecular weight excluding hydrogens is 480 g/mol. The van der Waals surface area contributed by atoms with Crippen LogP contribution < -0.4 is 14.6 Å². The van der Waals surface area contributed by atoms with Crippen molar-refractivity contribution in [1.29, 1.82) is 0 Å². The highest BCUT2D eigenvalue weighted by atomic mass is 32.2. The number of sulfonamides is 1. The number of hydrogen-bond donors (Lipinski definition) is 3. The molecule has 3 aromatic rings. The van der Waals surface area contributed by atoms with Gasteiger partial charge in [0.05, 0.1) is 4.90 Å². The highest BCUT2D eigenvalue weighted by Gasteiger charge is 2.22. The molecule has 0 aliphatic rings. The fourth-order valence-electron chi connectivity index (χ4n) is 3.78. The SMILES string of the molecule is CC(Cc1ccc(S(N)(=O)=O)cc1)N(C[C@H](O)COc1ccccc1)C[C@H](O)COc1ccccc1. The second kappa shape index (κ2) is 13.4. The fraction of sp³-hybridized carbons (Fsp3) is 0.333. The molecule has 9 heteroatoms. The Morgan fingerprint density at radius 1 is 0.778 bits per heavy atom. The Kier molecular flexibility index (Phi) is 10.3. The van der Waals surface area contributed by atoms with Gasteiger partial charge in [0.15, 0.2) is 0 Å². The maximum atomic E-state index is 11.5. The summed E-state index contributed by atoms with van der Waals surface area (Å²) in [5.74, 6) is 1.34. The van der Waals surface area contributed by atoms with Crippen molar-refractivity contribution in [3.63, 3.8) is 0 Å². The van der Waals surface area contributed by atoms with Crippen molar-refractivity contribution in [3.05, 3.63) is 90.5 Å². The Hall–Kier alpha value is -2.95. The first-order chi connectivity index (χ1) is 17.2. The van der Waals surface area contributed by atoms with E-state index in [2.05, 4.69) is 0 Å². The molecule has 0 radical (unpaired) electrons. The van der Waals surface area contributed by atoms with Gasteiger partial charge in [-0.2, -0.15) is 0 Å². The first-order valence-electron chi connectivity index (χ1n) is 11.8. The number of nitrogens with zero attached hydrogens (tertiary/aromatic N) is 1. The van der Waals surface area contributed by atoms with Crippen LogP contribution in [0.2, 0.25) is 0 Å². The molecule has 0 aromatic heterocycles. The zero-order valence-electron chi connectivity index (χ0n) is 20.3. The van der Waals surface area contributed by atoms with Gasteiger partial charge in [-0.3, -0.25) is 4.90 Å². The van der Waals surface area contributed by atoms with Crippen LogP contribution in [0, 0.1) is 0 Å². The van der Waals surface area contributed by atoms with Gasteiger partial charge in [-0.1, -0.05) is 48.5 Å². The third-order valence-corrected chi connectivity index (χ3v) is 6.60. The first kappa shape index (κ1) is 27.6. The molecule has 3 atom stereocenters. The summed E-state index contributed by atoms with van der Waals surface area (Å²) >= 11 is 0. The average molecular weight is 515 g/mol. The van der Waals surface area contributed by atoms with Crippen LogP contribution in [0.25, 0.3) is 0 Å². The molecule has 0 aliphatic carbocycles. The average Bonchev–Trinajstić information content (AvgIpc) is 2.87. The molecule has 1 unspecified atom stereocenters. The molecule has 8 nitrogen and oxygen atoms in total. The van der Waals surface area contributed by atoms with Gasteiger partial charge in [-0.25, -0.2) is 13.6 Å². The van der Waals surface area contributed by atoms with Gasteiger partial charge in [-0.15, -0.1) is 0 Å². The minimum absolute atomic E-state index is 0.0534. The van der Waals surface area contributed by atoms with E-state index in [0.717, 1.165) is 5.56 Å². The maximum Gasteiger partial charge on any atom is 0.238 e. The quantitative estimate of drug-likeness (QED) is 0.302. The van der Waals surface area contributed by atoms with E-state index in [9.17, 15) is 18.6 Å². The molecule has 0 spiro atoms. The molecule has 3 rings (SSSR count). The van der Waals surface area contributed by atoms with E-state index in [4.69, 9.17) is 14.6 Å². The van der Waals surface area contributed by atoms with E-state index in [-0.39, 0.29) is 37.2 Å². The second-order valence-corrected chi connectivity index (χ2v) is 10.3. The van der Waals surface area contributed by atoms with Crippen LogP contribution in [-0.4, -0.2) is 68.1 Å². The van der Waals surface area contributed by atoms with E-state index in [1.54, 1.807) is 12.1 Å². The topological polar surface area (TPSA) is 122 Å². The summed E-state index contributed by atoms with van der Waals surface area (Å²) in [6.45, 7) is 2.74. The maximum absolute atomic E-state index is 11.5. The number of hydrogen-bond acceptors (Lipinski definition) is 7. The normalized spacial score (nSPS) is 14.2. The minimum atomic E-state index is -3.76. The predicted molar refractivity (Wildman–Crippen MR) is 138 cm³/mol. The third kappa shape index (κ3) is 9.25. The van der Waals surface area contributed by atoms with Gasteiger partial charge in [0.1, 0.15) is 36.9 Å². The molecular formula is C27H34N2O6S. The summed E-state index contributed by atoms with van der Waals surface area (Å²) in [7, 11) is -3.76. The molecule has 0 amide bonds. The summed E-state index contributed by atoms with van der Waals surface area (Å²) in [6, 6.07) is 24.8. The number of aliphatic hydroxyl groups is 2. The van der Waals surface area contributed by atoms with Crippen molar-refractivity contribution in [2.45, 2.75) is 36.5 Å². The highest BCUT2D eigenvalue weighted by Crippen LogP contribution is 2.15. The van der Waals surface area contributed by atoms with Crippen LogP contribution in [-0.2, 0) is 16.4 Å². The van der Waals surface area contributed by atoms with Crippen LogP contribution >= 0.6 is 0 Å². The van der Waals surface area contributed by atoms with Gasteiger partial charge < -0.3 is 19.7 Å². The number of primary sulfonamides is 1. The monoisotopic (exact) mass is 514 g/mol. The van der Waals surface area contributed by atoms with E-state index >= 15 is 0 Å². The van der Waals surface area contributed by atoms with Crippen LogP contribution in [0.3, 0.4) is 0 Å². The van der Waals surface area contributed by atoms with E-state index in [1.165, 1.54) is 12.1 Å². The Bertz CT molecular complexity index is 1090. The van der Waals surface area contributed by atoms with Crippen molar-refractivity contribution in [2.75, 3.05) is 26.3 Å². The Labute approximate surface area is 213 Å².